The molecule has 0 radical (unpaired) electrons. The number of nitrogens with zero attached hydrogens (tertiary/aromatic N) is 2. The van der Waals surface area contributed by atoms with Crippen molar-refractivity contribution in [1.82, 2.24) is 4.98 Å². The first-order chi connectivity index (χ1) is 10.7. The highest BCUT2D eigenvalue weighted by Crippen LogP contribution is 2.31. The van der Waals surface area contributed by atoms with E-state index in [1.165, 1.54) is 24.1 Å². The fourth-order valence-corrected chi connectivity index (χ4v) is 3.12. The van der Waals surface area contributed by atoms with Crippen LogP contribution in [0.25, 0.3) is 0 Å². The molecule has 1 aromatic rings. The van der Waals surface area contributed by atoms with E-state index in [2.05, 4.69) is 32.2 Å². The van der Waals surface area contributed by atoms with Gasteiger partial charge in [-0.25, -0.2) is 0 Å². The molecule has 1 N–H and O–H groups in total. The van der Waals surface area contributed by atoms with Crippen LogP contribution in [0, 0.1) is 17.2 Å². The third-order valence-electron chi connectivity index (χ3n) is 4.45. The summed E-state index contributed by atoms with van der Waals surface area (Å²) in [4.78, 5) is 4.94. The maximum absolute atomic E-state index is 9.72. The van der Waals surface area contributed by atoms with Crippen molar-refractivity contribution in [3.63, 3.8) is 0 Å². The van der Waals surface area contributed by atoms with Gasteiger partial charge in [0.25, 0.3) is 0 Å². The lowest BCUT2D eigenvalue weighted by atomic mass is 9.90. The van der Waals surface area contributed by atoms with Gasteiger partial charge < -0.3 is 5.32 Å². The van der Waals surface area contributed by atoms with Crippen LogP contribution in [0.5, 0.6) is 0 Å². The Kier molecular flexibility index (Phi) is 6.24. The van der Waals surface area contributed by atoms with Crippen molar-refractivity contribution in [2.75, 3.05) is 11.9 Å². The van der Waals surface area contributed by atoms with Crippen molar-refractivity contribution in [1.29, 1.82) is 5.26 Å². The van der Waals surface area contributed by atoms with Crippen LogP contribution in [0.15, 0.2) is 0 Å². The van der Waals surface area contributed by atoms with Gasteiger partial charge in [-0.1, -0.05) is 27.2 Å². The standard InChI is InChI=1S/C19H29N3/c1-4-5-9-18-19(21-12-11-14(2)3)16(13-20)15-8-6-7-10-17(15)22-18/h14,21H,4-12H2,1-3H3. The fourth-order valence-electron chi connectivity index (χ4n) is 3.12. The molecule has 1 aliphatic rings. The minimum absolute atomic E-state index is 0.669. The van der Waals surface area contributed by atoms with E-state index in [0.29, 0.717) is 5.92 Å². The second kappa shape index (κ2) is 8.17. The van der Waals surface area contributed by atoms with Crippen LogP contribution < -0.4 is 5.32 Å². The summed E-state index contributed by atoms with van der Waals surface area (Å²) in [7, 11) is 0. The first-order valence-electron chi connectivity index (χ1n) is 8.86. The normalized spacial score (nSPS) is 13.8. The molecule has 120 valence electrons. The molecule has 0 amide bonds. The Hall–Kier alpha value is -1.56. The van der Waals surface area contributed by atoms with E-state index in [4.69, 9.17) is 4.98 Å². The van der Waals surface area contributed by atoms with Gasteiger partial charge in [-0.3, -0.25) is 4.98 Å². The molecule has 0 bridgehead atoms. The molecule has 0 aromatic carbocycles. The van der Waals surface area contributed by atoms with Crippen LogP contribution in [0.4, 0.5) is 5.69 Å². The van der Waals surface area contributed by atoms with Gasteiger partial charge in [-0.05, 0) is 56.4 Å². The lowest BCUT2D eigenvalue weighted by Gasteiger charge is -2.22. The first-order valence-corrected chi connectivity index (χ1v) is 8.86. The molecule has 0 atom stereocenters. The third-order valence-corrected chi connectivity index (χ3v) is 4.45. The van der Waals surface area contributed by atoms with E-state index >= 15 is 0 Å². The minimum atomic E-state index is 0.669. The Morgan fingerprint density at radius 3 is 2.73 bits per heavy atom. The number of fused-ring (bicyclic) bond motifs is 1. The van der Waals surface area contributed by atoms with Gasteiger partial charge in [-0.2, -0.15) is 5.26 Å². The van der Waals surface area contributed by atoms with Crippen molar-refractivity contribution >= 4 is 5.69 Å². The van der Waals surface area contributed by atoms with Crippen LogP contribution in [0.2, 0.25) is 0 Å². The largest absolute Gasteiger partial charge is 0.382 e. The predicted molar refractivity (Wildman–Crippen MR) is 92.2 cm³/mol. The summed E-state index contributed by atoms with van der Waals surface area (Å²) in [5.41, 5.74) is 5.41. The van der Waals surface area contributed by atoms with Crippen LogP contribution in [0.1, 0.15) is 75.4 Å². The molecule has 0 aliphatic heterocycles. The van der Waals surface area contributed by atoms with Crippen molar-refractivity contribution in [2.24, 2.45) is 5.92 Å². The van der Waals surface area contributed by atoms with Gasteiger partial charge >= 0.3 is 0 Å². The van der Waals surface area contributed by atoms with Crippen LogP contribution in [-0.4, -0.2) is 11.5 Å². The van der Waals surface area contributed by atoms with E-state index in [9.17, 15) is 5.26 Å². The van der Waals surface area contributed by atoms with E-state index in [0.717, 1.165) is 62.0 Å². The summed E-state index contributed by atoms with van der Waals surface area (Å²) < 4.78 is 0. The highest BCUT2D eigenvalue weighted by atomic mass is 14.9. The molecule has 0 saturated carbocycles. The number of rotatable bonds is 7. The van der Waals surface area contributed by atoms with Crippen molar-refractivity contribution in [3.05, 3.63) is 22.5 Å². The Morgan fingerprint density at radius 2 is 2.05 bits per heavy atom. The molecule has 0 unspecified atom stereocenters. The number of hydrogen-bond donors (Lipinski definition) is 1. The number of nitriles is 1. The average Bonchev–Trinajstić information content (AvgIpc) is 2.52. The van der Waals surface area contributed by atoms with Gasteiger partial charge in [-0.15, -0.1) is 0 Å². The van der Waals surface area contributed by atoms with Crippen LogP contribution in [0.3, 0.4) is 0 Å². The molecular weight excluding hydrogens is 270 g/mol. The number of unbranched alkanes of at least 4 members (excludes halogenated alkanes) is 1. The Balaban J connectivity index is 2.34. The number of aryl methyl sites for hydroxylation is 2. The number of nitrogens with one attached hydrogen (secondary N) is 1. The van der Waals surface area contributed by atoms with Crippen LogP contribution in [-0.2, 0) is 19.3 Å². The SMILES string of the molecule is CCCCc1nc2c(c(C#N)c1NCCC(C)C)CCCC2. The Labute approximate surface area is 135 Å². The Bertz CT molecular complexity index is 541. The summed E-state index contributed by atoms with van der Waals surface area (Å²) in [5, 5.41) is 13.3. The van der Waals surface area contributed by atoms with E-state index in [1.54, 1.807) is 0 Å². The fraction of sp³-hybridized carbons (Fsp3) is 0.684. The monoisotopic (exact) mass is 299 g/mol. The molecule has 1 aromatic heterocycles. The third kappa shape index (κ3) is 4.00. The summed E-state index contributed by atoms with van der Waals surface area (Å²) in [6, 6.07) is 2.48. The van der Waals surface area contributed by atoms with Crippen LogP contribution >= 0.6 is 0 Å². The van der Waals surface area contributed by atoms with Crippen molar-refractivity contribution < 1.29 is 0 Å². The second-order valence-electron chi connectivity index (χ2n) is 6.77. The van der Waals surface area contributed by atoms with E-state index in [-0.39, 0.29) is 0 Å². The quantitative estimate of drug-likeness (QED) is 0.798. The molecule has 3 nitrogen and oxygen atoms in total. The first kappa shape index (κ1) is 16.8. The summed E-state index contributed by atoms with van der Waals surface area (Å²) in [6.45, 7) is 7.59. The summed E-state index contributed by atoms with van der Waals surface area (Å²) >= 11 is 0. The summed E-state index contributed by atoms with van der Waals surface area (Å²) in [6.07, 6.45) is 8.83. The molecule has 1 aliphatic carbocycles. The van der Waals surface area contributed by atoms with Crippen molar-refractivity contribution in [3.8, 4) is 6.07 Å². The molecule has 22 heavy (non-hydrogen) atoms. The van der Waals surface area contributed by atoms with Gasteiger partial charge in [0.05, 0.1) is 16.9 Å². The summed E-state index contributed by atoms with van der Waals surface area (Å²) in [5.74, 6) is 0.669. The molecular formula is C19H29N3. The minimum Gasteiger partial charge on any atom is -0.382 e. The topological polar surface area (TPSA) is 48.7 Å². The highest BCUT2D eigenvalue weighted by molar-refractivity contribution is 5.65. The zero-order valence-corrected chi connectivity index (χ0v) is 14.3. The smallest absolute Gasteiger partial charge is 0.102 e. The van der Waals surface area contributed by atoms with E-state index < -0.39 is 0 Å². The lowest BCUT2D eigenvalue weighted by Crippen LogP contribution is -2.16. The predicted octanol–water partition coefficient (Wildman–Crippen LogP) is 4.63. The maximum atomic E-state index is 9.72. The number of anilines is 1. The van der Waals surface area contributed by atoms with Crippen molar-refractivity contribution in [2.45, 2.75) is 72.1 Å². The van der Waals surface area contributed by atoms with Gasteiger partial charge in [0.1, 0.15) is 6.07 Å². The zero-order chi connectivity index (χ0) is 15.9. The molecule has 3 heteroatoms. The van der Waals surface area contributed by atoms with Gasteiger partial charge in [0, 0.05) is 12.2 Å². The Morgan fingerprint density at radius 1 is 1.27 bits per heavy atom. The number of hydrogen-bond acceptors (Lipinski definition) is 3. The maximum Gasteiger partial charge on any atom is 0.102 e. The number of aromatic nitrogens is 1. The van der Waals surface area contributed by atoms with E-state index in [1.807, 2.05) is 0 Å². The van der Waals surface area contributed by atoms with Gasteiger partial charge in [0.15, 0.2) is 0 Å². The highest BCUT2D eigenvalue weighted by Gasteiger charge is 2.21. The molecule has 0 spiro atoms. The molecule has 1 heterocycles. The second-order valence-corrected chi connectivity index (χ2v) is 6.77. The molecule has 0 fully saturated rings. The lowest BCUT2D eigenvalue weighted by molar-refractivity contribution is 0.606. The molecule has 0 saturated heterocycles. The van der Waals surface area contributed by atoms with Gasteiger partial charge in [0.2, 0.25) is 0 Å². The zero-order valence-electron chi connectivity index (χ0n) is 14.3. The number of pyridine rings is 1. The molecule has 2 rings (SSSR count). The average molecular weight is 299 g/mol.